The van der Waals surface area contributed by atoms with E-state index in [4.69, 9.17) is 10.5 Å². The van der Waals surface area contributed by atoms with Crippen LogP contribution in [0, 0.1) is 5.41 Å². The van der Waals surface area contributed by atoms with Crippen LogP contribution in [-0.4, -0.2) is 31.2 Å². The largest absolute Gasteiger partial charge is 0.381 e. The van der Waals surface area contributed by atoms with E-state index in [1.165, 1.54) is 0 Å². The average molecular weight is 272 g/mol. The highest BCUT2D eigenvalue weighted by Gasteiger charge is 2.29. The quantitative estimate of drug-likeness (QED) is 0.600. The number of carbonyl (C=O) groups is 1. The van der Waals surface area contributed by atoms with E-state index >= 15 is 0 Å². The van der Waals surface area contributed by atoms with Crippen molar-refractivity contribution < 1.29 is 9.53 Å². The minimum absolute atomic E-state index is 0.282. The van der Waals surface area contributed by atoms with Crippen LogP contribution < -0.4 is 11.1 Å². The molecule has 114 valence electrons. The summed E-state index contributed by atoms with van der Waals surface area (Å²) in [5.41, 5.74) is 5.17. The molecule has 0 aliphatic carbocycles. The van der Waals surface area contributed by atoms with E-state index in [1.54, 1.807) is 0 Å². The van der Waals surface area contributed by atoms with Crippen molar-refractivity contribution in [3.8, 4) is 0 Å². The molecule has 3 N–H and O–H groups in total. The fourth-order valence-corrected chi connectivity index (χ4v) is 1.71. The Morgan fingerprint density at radius 2 is 1.79 bits per heavy atom. The molecular formula is C15H32N2O2. The molecule has 0 fully saturated rings. The van der Waals surface area contributed by atoms with Crippen LogP contribution in [0.3, 0.4) is 0 Å². The van der Waals surface area contributed by atoms with E-state index in [9.17, 15) is 4.79 Å². The molecule has 19 heavy (non-hydrogen) atoms. The fraction of sp³-hybridized carbons (Fsp3) is 0.933. The second-order valence-electron chi connectivity index (χ2n) is 6.65. The highest BCUT2D eigenvalue weighted by molar-refractivity contribution is 5.84. The first kappa shape index (κ1) is 18.4. The van der Waals surface area contributed by atoms with Crippen molar-refractivity contribution in [1.29, 1.82) is 0 Å². The number of primary amides is 1. The zero-order valence-electron chi connectivity index (χ0n) is 13.3. The normalized spacial score (nSPS) is 15.2. The molecule has 0 aromatic heterocycles. The van der Waals surface area contributed by atoms with Crippen molar-refractivity contribution in [2.45, 2.75) is 65.8 Å². The maximum absolute atomic E-state index is 11.5. The third kappa shape index (κ3) is 9.00. The summed E-state index contributed by atoms with van der Waals surface area (Å²) in [6.07, 6.45) is 3.61. The van der Waals surface area contributed by atoms with E-state index in [2.05, 4.69) is 33.0 Å². The Morgan fingerprint density at radius 3 is 2.26 bits per heavy atom. The number of carbonyl (C=O) groups excluding carboxylic acids is 1. The van der Waals surface area contributed by atoms with Crippen molar-refractivity contribution in [3.05, 3.63) is 0 Å². The summed E-state index contributed by atoms with van der Waals surface area (Å²) in [5, 5.41) is 3.23. The molecule has 1 atom stereocenters. The van der Waals surface area contributed by atoms with Gasteiger partial charge in [0, 0.05) is 13.2 Å². The molecule has 0 saturated carbocycles. The molecule has 0 aromatic rings. The van der Waals surface area contributed by atoms with E-state index in [0.717, 1.165) is 38.8 Å². The van der Waals surface area contributed by atoms with Crippen LogP contribution in [0.15, 0.2) is 0 Å². The maximum Gasteiger partial charge on any atom is 0.237 e. The number of hydrogen-bond donors (Lipinski definition) is 2. The second-order valence-corrected chi connectivity index (χ2v) is 6.65. The monoisotopic (exact) mass is 272 g/mol. The molecule has 4 heteroatoms. The Morgan fingerprint density at radius 1 is 1.16 bits per heavy atom. The summed E-state index contributed by atoms with van der Waals surface area (Å²) in [7, 11) is 0. The van der Waals surface area contributed by atoms with Gasteiger partial charge in [0.05, 0.1) is 5.54 Å². The van der Waals surface area contributed by atoms with Gasteiger partial charge in [-0.3, -0.25) is 4.79 Å². The molecular weight excluding hydrogens is 240 g/mol. The predicted octanol–water partition coefficient (Wildman–Crippen LogP) is 2.46. The zero-order valence-corrected chi connectivity index (χ0v) is 13.3. The SMILES string of the molecule is CCCNC(C)(CCCOCCC(C)(C)C)C(N)=O. The standard InChI is InChI=1S/C15H32N2O2/c1-6-10-17-15(5,13(16)18)8-7-11-19-12-9-14(2,3)4/h17H,6-12H2,1-5H3,(H2,16,18). The number of amides is 1. The number of rotatable bonds is 10. The molecule has 0 spiro atoms. The van der Waals surface area contributed by atoms with Gasteiger partial charge < -0.3 is 15.8 Å². The van der Waals surface area contributed by atoms with Crippen LogP contribution >= 0.6 is 0 Å². The molecule has 0 bridgehead atoms. The van der Waals surface area contributed by atoms with Gasteiger partial charge in [0.2, 0.25) is 5.91 Å². The van der Waals surface area contributed by atoms with Gasteiger partial charge in [0.1, 0.15) is 0 Å². The Hall–Kier alpha value is -0.610. The topological polar surface area (TPSA) is 64.3 Å². The van der Waals surface area contributed by atoms with Gasteiger partial charge in [-0.1, -0.05) is 27.7 Å². The molecule has 0 aliphatic heterocycles. The van der Waals surface area contributed by atoms with Gasteiger partial charge in [0.15, 0.2) is 0 Å². The molecule has 0 rings (SSSR count). The zero-order chi connectivity index (χ0) is 14.9. The van der Waals surface area contributed by atoms with Crippen molar-refractivity contribution >= 4 is 5.91 Å². The molecule has 1 amide bonds. The van der Waals surface area contributed by atoms with Gasteiger partial charge in [-0.25, -0.2) is 0 Å². The van der Waals surface area contributed by atoms with Crippen LogP contribution in [0.5, 0.6) is 0 Å². The molecule has 1 unspecified atom stereocenters. The number of ether oxygens (including phenoxy) is 1. The average Bonchev–Trinajstić information content (AvgIpc) is 2.29. The lowest BCUT2D eigenvalue weighted by Gasteiger charge is -2.27. The fourth-order valence-electron chi connectivity index (χ4n) is 1.71. The third-order valence-corrected chi connectivity index (χ3v) is 3.27. The second kappa shape index (κ2) is 8.54. The van der Waals surface area contributed by atoms with Crippen molar-refractivity contribution in [2.24, 2.45) is 11.1 Å². The van der Waals surface area contributed by atoms with Crippen molar-refractivity contribution in [2.75, 3.05) is 19.8 Å². The van der Waals surface area contributed by atoms with E-state index in [1.807, 2.05) is 6.92 Å². The van der Waals surface area contributed by atoms with Gasteiger partial charge >= 0.3 is 0 Å². The minimum Gasteiger partial charge on any atom is -0.381 e. The lowest BCUT2D eigenvalue weighted by molar-refractivity contribution is -0.124. The van der Waals surface area contributed by atoms with E-state index in [-0.39, 0.29) is 5.91 Å². The molecule has 0 radical (unpaired) electrons. The summed E-state index contributed by atoms with van der Waals surface area (Å²) in [4.78, 5) is 11.5. The summed E-state index contributed by atoms with van der Waals surface area (Å²) >= 11 is 0. The Kier molecular flexibility index (Phi) is 8.26. The predicted molar refractivity (Wildman–Crippen MR) is 80.0 cm³/mol. The van der Waals surface area contributed by atoms with Crippen molar-refractivity contribution in [3.63, 3.8) is 0 Å². The van der Waals surface area contributed by atoms with Gasteiger partial charge in [-0.05, 0) is 44.6 Å². The molecule has 0 aliphatic rings. The first-order chi connectivity index (χ1) is 8.71. The minimum atomic E-state index is -0.608. The molecule has 0 saturated heterocycles. The number of hydrogen-bond acceptors (Lipinski definition) is 3. The Balaban J connectivity index is 3.85. The number of nitrogens with one attached hydrogen (secondary N) is 1. The van der Waals surface area contributed by atoms with Crippen LogP contribution in [0.25, 0.3) is 0 Å². The van der Waals surface area contributed by atoms with Gasteiger partial charge in [-0.15, -0.1) is 0 Å². The van der Waals surface area contributed by atoms with Crippen LogP contribution in [0.2, 0.25) is 0 Å². The van der Waals surface area contributed by atoms with Gasteiger partial charge in [-0.2, -0.15) is 0 Å². The summed E-state index contributed by atoms with van der Waals surface area (Å²) in [5.74, 6) is -0.282. The highest BCUT2D eigenvalue weighted by atomic mass is 16.5. The van der Waals surface area contributed by atoms with Crippen LogP contribution in [0.4, 0.5) is 0 Å². The summed E-state index contributed by atoms with van der Waals surface area (Å²) < 4.78 is 5.61. The van der Waals surface area contributed by atoms with Crippen LogP contribution in [0.1, 0.15) is 60.3 Å². The number of nitrogens with two attached hydrogens (primary N) is 1. The van der Waals surface area contributed by atoms with Crippen molar-refractivity contribution in [1.82, 2.24) is 5.32 Å². The maximum atomic E-state index is 11.5. The van der Waals surface area contributed by atoms with E-state index < -0.39 is 5.54 Å². The smallest absolute Gasteiger partial charge is 0.237 e. The molecule has 0 heterocycles. The highest BCUT2D eigenvalue weighted by Crippen LogP contribution is 2.18. The first-order valence-corrected chi connectivity index (χ1v) is 7.34. The first-order valence-electron chi connectivity index (χ1n) is 7.34. The summed E-state index contributed by atoms with van der Waals surface area (Å²) in [6, 6.07) is 0. The molecule has 4 nitrogen and oxygen atoms in total. The van der Waals surface area contributed by atoms with Gasteiger partial charge in [0.25, 0.3) is 0 Å². The Bertz CT molecular complexity index is 261. The third-order valence-electron chi connectivity index (χ3n) is 3.27. The lowest BCUT2D eigenvalue weighted by Crippen LogP contribution is -2.53. The molecule has 0 aromatic carbocycles. The Labute approximate surface area is 118 Å². The lowest BCUT2D eigenvalue weighted by atomic mass is 9.93. The van der Waals surface area contributed by atoms with E-state index in [0.29, 0.717) is 12.0 Å². The van der Waals surface area contributed by atoms with Crippen LogP contribution in [-0.2, 0) is 9.53 Å². The summed E-state index contributed by atoms with van der Waals surface area (Å²) in [6.45, 7) is 12.8.